The molecule has 0 aliphatic rings. The van der Waals surface area contributed by atoms with Crippen LogP contribution in [0.25, 0.3) is 0 Å². The van der Waals surface area contributed by atoms with Crippen LogP contribution in [0, 0.1) is 16.7 Å². The van der Waals surface area contributed by atoms with Crippen LogP contribution in [0.5, 0.6) is 0 Å². The highest BCUT2D eigenvalue weighted by Crippen LogP contribution is 2.27. The number of hydrogen-bond donors (Lipinski definition) is 0. The molecular formula is C13H26O2. The minimum absolute atomic E-state index is 0.0823. The van der Waals surface area contributed by atoms with Crippen LogP contribution in [0.3, 0.4) is 0 Å². The van der Waals surface area contributed by atoms with Crippen LogP contribution in [0.1, 0.15) is 54.9 Å². The zero-order valence-electron chi connectivity index (χ0n) is 11.3. The summed E-state index contributed by atoms with van der Waals surface area (Å²) in [6.45, 7) is 15.0. The first-order valence-corrected chi connectivity index (χ1v) is 5.78. The molecule has 0 bridgehead atoms. The van der Waals surface area contributed by atoms with Gasteiger partial charge >= 0.3 is 5.97 Å². The minimum atomic E-state index is -0.350. The topological polar surface area (TPSA) is 26.3 Å². The van der Waals surface area contributed by atoms with E-state index < -0.39 is 0 Å². The lowest BCUT2D eigenvalue weighted by molar-refractivity contribution is -0.156. The summed E-state index contributed by atoms with van der Waals surface area (Å²) in [4.78, 5) is 11.7. The average Bonchev–Trinajstić information content (AvgIpc) is 2.11. The fourth-order valence-electron chi connectivity index (χ4n) is 0.790. The molecule has 0 aromatic rings. The predicted octanol–water partition coefficient (Wildman–Crippen LogP) is 3.65. The molecule has 0 saturated carbocycles. The Balaban J connectivity index is 4.13. The maximum absolute atomic E-state index is 11.7. The zero-order chi connectivity index (χ0) is 12.3. The Morgan fingerprint density at radius 2 is 1.67 bits per heavy atom. The van der Waals surface area contributed by atoms with Crippen molar-refractivity contribution in [2.24, 2.45) is 16.7 Å². The van der Waals surface area contributed by atoms with Crippen molar-refractivity contribution >= 4 is 5.97 Å². The molecule has 0 aliphatic heterocycles. The number of ether oxygens (including phenoxy) is 1. The van der Waals surface area contributed by atoms with Crippen LogP contribution in [0.15, 0.2) is 0 Å². The smallest absolute Gasteiger partial charge is 0.311 e. The second-order valence-electron chi connectivity index (χ2n) is 6.10. The monoisotopic (exact) mass is 214 g/mol. The molecular weight excluding hydrogens is 188 g/mol. The molecule has 0 spiro atoms. The summed E-state index contributed by atoms with van der Waals surface area (Å²) in [6, 6.07) is 0. The van der Waals surface area contributed by atoms with Gasteiger partial charge in [-0.1, -0.05) is 34.6 Å². The highest BCUT2D eigenvalue weighted by molar-refractivity contribution is 5.75. The van der Waals surface area contributed by atoms with E-state index in [0.29, 0.717) is 12.5 Å². The van der Waals surface area contributed by atoms with Gasteiger partial charge in [0.25, 0.3) is 0 Å². The Morgan fingerprint density at radius 3 is 2.00 bits per heavy atom. The molecule has 0 heterocycles. The molecule has 0 amide bonds. The molecule has 0 fully saturated rings. The van der Waals surface area contributed by atoms with Crippen molar-refractivity contribution in [3.05, 3.63) is 0 Å². The van der Waals surface area contributed by atoms with Gasteiger partial charge in [-0.05, 0) is 31.6 Å². The Kier molecular flexibility index (Phi) is 4.82. The van der Waals surface area contributed by atoms with E-state index in [1.54, 1.807) is 0 Å². The van der Waals surface area contributed by atoms with E-state index >= 15 is 0 Å². The standard InChI is InChI=1S/C13H26O2/c1-8-13(6,7)11(14)15-9-10(2)12(3,4)5/h10H,8-9H2,1-7H3. The summed E-state index contributed by atoms with van der Waals surface area (Å²) in [5.41, 5.74) is -0.158. The van der Waals surface area contributed by atoms with Gasteiger partial charge in [0.2, 0.25) is 0 Å². The normalized spacial score (nSPS) is 14.9. The molecule has 1 atom stereocenters. The van der Waals surface area contributed by atoms with Crippen LogP contribution >= 0.6 is 0 Å². The van der Waals surface area contributed by atoms with Crippen molar-refractivity contribution in [2.75, 3.05) is 6.61 Å². The number of carbonyl (C=O) groups excluding carboxylic acids is 1. The second kappa shape index (κ2) is 5.00. The molecule has 0 N–H and O–H groups in total. The third-order valence-electron chi connectivity index (χ3n) is 3.38. The van der Waals surface area contributed by atoms with Gasteiger partial charge in [0, 0.05) is 0 Å². The molecule has 0 saturated heterocycles. The summed E-state index contributed by atoms with van der Waals surface area (Å²) in [6.07, 6.45) is 0.815. The number of hydrogen-bond acceptors (Lipinski definition) is 2. The fraction of sp³-hybridized carbons (Fsp3) is 0.923. The lowest BCUT2D eigenvalue weighted by atomic mass is 9.82. The van der Waals surface area contributed by atoms with E-state index in [1.807, 2.05) is 20.8 Å². The fourth-order valence-corrected chi connectivity index (χ4v) is 0.790. The van der Waals surface area contributed by atoms with Gasteiger partial charge in [-0.15, -0.1) is 0 Å². The Morgan fingerprint density at radius 1 is 1.20 bits per heavy atom. The molecule has 1 unspecified atom stereocenters. The molecule has 2 heteroatoms. The molecule has 0 aromatic carbocycles. The summed E-state index contributed by atoms with van der Waals surface area (Å²) in [7, 11) is 0. The molecule has 15 heavy (non-hydrogen) atoms. The molecule has 0 aromatic heterocycles. The Hall–Kier alpha value is -0.530. The quantitative estimate of drug-likeness (QED) is 0.668. The highest BCUT2D eigenvalue weighted by Gasteiger charge is 2.29. The van der Waals surface area contributed by atoms with Crippen LogP contribution in [-0.2, 0) is 9.53 Å². The molecule has 0 rings (SSSR count). The summed E-state index contributed by atoms with van der Waals surface area (Å²) >= 11 is 0. The summed E-state index contributed by atoms with van der Waals surface area (Å²) in [5, 5.41) is 0. The van der Waals surface area contributed by atoms with E-state index in [1.165, 1.54) is 0 Å². The largest absolute Gasteiger partial charge is 0.465 e. The third-order valence-corrected chi connectivity index (χ3v) is 3.38. The van der Waals surface area contributed by atoms with Gasteiger partial charge in [0.05, 0.1) is 12.0 Å². The Labute approximate surface area is 94.4 Å². The van der Waals surface area contributed by atoms with Crippen LogP contribution in [0.4, 0.5) is 0 Å². The van der Waals surface area contributed by atoms with Crippen LogP contribution in [0.2, 0.25) is 0 Å². The third kappa shape index (κ3) is 4.67. The lowest BCUT2D eigenvalue weighted by Gasteiger charge is -2.28. The van der Waals surface area contributed by atoms with Gasteiger partial charge < -0.3 is 4.74 Å². The minimum Gasteiger partial charge on any atom is -0.465 e. The van der Waals surface area contributed by atoms with Crippen molar-refractivity contribution in [1.29, 1.82) is 0 Å². The maximum atomic E-state index is 11.7. The first-order valence-electron chi connectivity index (χ1n) is 5.78. The van der Waals surface area contributed by atoms with Crippen LogP contribution < -0.4 is 0 Å². The zero-order valence-corrected chi connectivity index (χ0v) is 11.3. The SMILES string of the molecule is CCC(C)(C)C(=O)OCC(C)C(C)(C)C. The van der Waals surface area contributed by atoms with Gasteiger partial charge in [-0.2, -0.15) is 0 Å². The van der Waals surface area contributed by atoms with E-state index in [2.05, 4.69) is 27.7 Å². The summed E-state index contributed by atoms with van der Waals surface area (Å²) < 4.78 is 5.35. The molecule has 0 radical (unpaired) electrons. The number of carbonyl (C=O) groups is 1. The van der Waals surface area contributed by atoms with Gasteiger partial charge in [-0.25, -0.2) is 0 Å². The molecule has 0 aliphatic carbocycles. The van der Waals surface area contributed by atoms with Gasteiger partial charge in [0.15, 0.2) is 0 Å². The number of rotatable bonds is 4. The van der Waals surface area contributed by atoms with Crippen molar-refractivity contribution < 1.29 is 9.53 Å². The highest BCUT2D eigenvalue weighted by atomic mass is 16.5. The summed E-state index contributed by atoms with van der Waals surface area (Å²) in [5.74, 6) is 0.301. The van der Waals surface area contributed by atoms with E-state index in [-0.39, 0.29) is 16.8 Å². The molecule has 2 nitrogen and oxygen atoms in total. The van der Waals surface area contributed by atoms with Gasteiger partial charge in [-0.3, -0.25) is 4.79 Å². The lowest BCUT2D eigenvalue weighted by Crippen LogP contribution is -2.30. The van der Waals surface area contributed by atoms with Crippen molar-refractivity contribution in [1.82, 2.24) is 0 Å². The van der Waals surface area contributed by atoms with Crippen LogP contribution in [-0.4, -0.2) is 12.6 Å². The van der Waals surface area contributed by atoms with E-state index in [0.717, 1.165) is 6.42 Å². The van der Waals surface area contributed by atoms with Crippen molar-refractivity contribution in [3.63, 3.8) is 0 Å². The first kappa shape index (κ1) is 14.5. The Bertz CT molecular complexity index is 211. The van der Waals surface area contributed by atoms with Crippen molar-refractivity contribution in [2.45, 2.75) is 54.9 Å². The first-order chi connectivity index (χ1) is 6.61. The van der Waals surface area contributed by atoms with E-state index in [9.17, 15) is 4.79 Å². The van der Waals surface area contributed by atoms with Crippen molar-refractivity contribution in [3.8, 4) is 0 Å². The van der Waals surface area contributed by atoms with Gasteiger partial charge in [0.1, 0.15) is 0 Å². The van der Waals surface area contributed by atoms with E-state index in [4.69, 9.17) is 4.74 Å². The predicted molar refractivity (Wildman–Crippen MR) is 63.7 cm³/mol. The average molecular weight is 214 g/mol. The second-order valence-corrected chi connectivity index (χ2v) is 6.10. The maximum Gasteiger partial charge on any atom is 0.311 e. The molecule has 90 valence electrons. The number of esters is 1.